The van der Waals surface area contributed by atoms with Crippen LogP contribution < -0.4 is 10.1 Å². The van der Waals surface area contributed by atoms with E-state index in [-0.39, 0.29) is 18.4 Å². The molecule has 0 aliphatic heterocycles. The summed E-state index contributed by atoms with van der Waals surface area (Å²) in [6.07, 6.45) is 3.18. The molecule has 3 aromatic rings. The molecule has 0 saturated heterocycles. The average Bonchev–Trinajstić information content (AvgIpc) is 3.22. The third kappa shape index (κ3) is 4.56. The van der Waals surface area contributed by atoms with Gasteiger partial charge < -0.3 is 15.0 Å². The normalized spacial score (nSPS) is 10.4. The largest absolute Gasteiger partial charge is 0.497 e. The first-order chi connectivity index (χ1) is 13.6. The highest BCUT2D eigenvalue weighted by Crippen LogP contribution is 2.17. The first kappa shape index (κ1) is 19.2. The van der Waals surface area contributed by atoms with Crippen LogP contribution in [0.25, 0.3) is 5.69 Å². The van der Waals surface area contributed by atoms with Crippen LogP contribution in [0.5, 0.6) is 5.75 Å². The minimum absolute atomic E-state index is 0.0525. The Morgan fingerprint density at radius 2 is 1.93 bits per heavy atom. The molecule has 7 heteroatoms. The zero-order valence-corrected chi connectivity index (χ0v) is 15.8. The van der Waals surface area contributed by atoms with Gasteiger partial charge in [-0.15, -0.1) is 0 Å². The molecule has 2 aromatic carbocycles. The number of carbonyl (C=O) groups excluding carboxylic acids is 2. The molecule has 0 spiro atoms. The Balaban J connectivity index is 1.66. The lowest BCUT2D eigenvalue weighted by atomic mass is 10.2. The summed E-state index contributed by atoms with van der Waals surface area (Å²) in [6.45, 7) is 2.18. The number of nitrogens with zero attached hydrogens (tertiary/aromatic N) is 3. The zero-order chi connectivity index (χ0) is 19.9. The van der Waals surface area contributed by atoms with Crippen molar-refractivity contribution in [3.8, 4) is 11.4 Å². The number of likely N-dealkylation sites (N-methyl/N-ethyl adjacent to an activating group) is 1. The monoisotopic (exact) mass is 378 g/mol. The van der Waals surface area contributed by atoms with Gasteiger partial charge in [-0.3, -0.25) is 9.59 Å². The Kier molecular flexibility index (Phi) is 6.06. The number of rotatable bonds is 7. The van der Waals surface area contributed by atoms with Gasteiger partial charge in [0.05, 0.1) is 24.6 Å². The fourth-order valence-electron chi connectivity index (χ4n) is 2.74. The SMILES string of the molecule is CCN(CC(=O)Nc1cccc(OC)c1)C(=O)c1cnn(-c2ccccc2)c1. The van der Waals surface area contributed by atoms with Crippen LogP contribution in [0.4, 0.5) is 5.69 Å². The van der Waals surface area contributed by atoms with Crippen LogP contribution in [0.1, 0.15) is 17.3 Å². The molecule has 1 heterocycles. The van der Waals surface area contributed by atoms with Gasteiger partial charge in [-0.25, -0.2) is 4.68 Å². The Hall–Kier alpha value is -3.61. The minimum atomic E-state index is -0.279. The molecule has 28 heavy (non-hydrogen) atoms. The number of carbonyl (C=O) groups is 2. The molecule has 2 amide bonds. The lowest BCUT2D eigenvalue weighted by Gasteiger charge is -2.19. The van der Waals surface area contributed by atoms with Crippen LogP contribution in [0.2, 0.25) is 0 Å². The predicted octanol–water partition coefficient (Wildman–Crippen LogP) is 2.98. The summed E-state index contributed by atoms with van der Waals surface area (Å²) in [5, 5.41) is 7.03. The van der Waals surface area contributed by atoms with E-state index in [2.05, 4.69) is 10.4 Å². The number of methoxy groups -OCH3 is 1. The maximum absolute atomic E-state index is 12.8. The lowest BCUT2D eigenvalue weighted by Crippen LogP contribution is -2.37. The molecule has 7 nitrogen and oxygen atoms in total. The summed E-state index contributed by atoms with van der Waals surface area (Å²) in [7, 11) is 1.56. The molecule has 144 valence electrons. The quantitative estimate of drug-likeness (QED) is 0.686. The number of anilines is 1. The third-order valence-electron chi connectivity index (χ3n) is 4.21. The average molecular weight is 378 g/mol. The number of hydrogen-bond donors (Lipinski definition) is 1. The van der Waals surface area contributed by atoms with Gasteiger partial charge in [-0.1, -0.05) is 24.3 Å². The number of aromatic nitrogens is 2. The molecule has 0 fully saturated rings. The van der Waals surface area contributed by atoms with Gasteiger partial charge in [-0.05, 0) is 31.2 Å². The van der Waals surface area contributed by atoms with E-state index >= 15 is 0 Å². The summed E-state index contributed by atoms with van der Waals surface area (Å²) in [5.41, 5.74) is 1.91. The zero-order valence-electron chi connectivity index (χ0n) is 15.8. The second-order valence-corrected chi connectivity index (χ2v) is 6.11. The van der Waals surface area contributed by atoms with Crippen molar-refractivity contribution in [1.29, 1.82) is 0 Å². The Labute approximate surface area is 163 Å². The van der Waals surface area contributed by atoms with Crippen LogP contribution in [0.15, 0.2) is 67.0 Å². The van der Waals surface area contributed by atoms with E-state index in [0.717, 1.165) is 5.69 Å². The van der Waals surface area contributed by atoms with Crippen LogP contribution >= 0.6 is 0 Å². The molecule has 0 atom stereocenters. The van der Waals surface area contributed by atoms with Crippen molar-refractivity contribution in [2.45, 2.75) is 6.92 Å². The highest BCUT2D eigenvalue weighted by Gasteiger charge is 2.19. The highest BCUT2D eigenvalue weighted by molar-refractivity contribution is 5.99. The van der Waals surface area contributed by atoms with Crippen molar-refractivity contribution in [3.05, 3.63) is 72.6 Å². The van der Waals surface area contributed by atoms with Crippen molar-refractivity contribution >= 4 is 17.5 Å². The van der Waals surface area contributed by atoms with Crippen molar-refractivity contribution < 1.29 is 14.3 Å². The number of amides is 2. The maximum Gasteiger partial charge on any atom is 0.257 e. The van der Waals surface area contributed by atoms with Crippen molar-refractivity contribution in [1.82, 2.24) is 14.7 Å². The lowest BCUT2D eigenvalue weighted by molar-refractivity contribution is -0.116. The van der Waals surface area contributed by atoms with Gasteiger partial charge >= 0.3 is 0 Å². The van der Waals surface area contributed by atoms with Gasteiger partial charge in [0.25, 0.3) is 5.91 Å². The molecular formula is C21H22N4O3. The van der Waals surface area contributed by atoms with Crippen LogP contribution in [0, 0.1) is 0 Å². The van der Waals surface area contributed by atoms with E-state index in [4.69, 9.17) is 4.74 Å². The standard InChI is InChI=1S/C21H22N4O3/c1-3-24(15-20(26)23-17-8-7-11-19(12-17)28-2)21(27)16-13-22-25(14-16)18-9-5-4-6-10-18/h4-14H,3,15H2,1-2H3,(H,23,26). The summed E-state index contributed by atoms with van der Waals surface area (Å²) in [5.74, 6) is 0.124. The van der Waals surface area contributed by atoms with E-state index < -0.39 is 0 Å². The Bertz CT molecular complexity index is 953. The molecule has 0 bridgehead atoms. The number of hydrogen-bond acceptors (Lipinski definition) is 4. The highest BCUT2D eigenvalue weighted by atomic mass is 16.5. The first-order valence-electron chi connectivity index (χ1n) is 8.94. The minimum Gasteiger partial charge on any atom is -0.497 e. The maximum atomic E-state index is 12.8. The van der Waals surface area contributed by atoms with E-state index in [1.807, 2.05) is 37.3 Å². The topological polar surface area (TPSA) is 76.5 Å². The predicted molar refractivity (Wildman–Crippen MR) is 107 cm³/mol. The Morgan fingerprint density at radius 1 is 1.14 bits per heavy atom. The van der Waals surface area contributed by atoms with Gasteiger partial charge in [0.2, 0.25) is 5.91 Å². The van der Waals surface area contributed by atoms with E-state index in [9.17, 15) is 9.59 Å². The van der Waals surface area contributed by atoms with Gasteiger partial charge in [0.15, 0.2) is 0 Å². The van der Waals surface area contributed by atoms with Crippen molar-refractivity contribution in [2.75, 3.05) is 25.5 Å². The molecule has 0 saturated carbocycles. The number of ether oxygens (including phenoxy) is 1. The molecule has 1 N–H and O–H groups in total. The summed E-state index contributed by atoms with van der Waals surface area (Å²) >= 11 is 0. The smallest absolute Gasteiger partial charge is 0.257 e. The van der Waals surface area contributed by atoms with E-state index in [1.54, 1.807) is 42.3 Å². The van der Waals surface area contributed by atoms with E-state index in [0.29, 0.717) is 23.5 Å². The number of para-hydroxylation sites is 1. The summed E-state index contributed by atoms with van der Waals surface area (Å²) in [6, 6.07) is 16.6. The van der Waals surface area contributed by atoms with Gasteiger partial charge in [-0.2, -0.15) is 5.10 Å². The van der Waals surface area contributed by atoms with Crippen LogP contribution in [-0.2, 0) is 4.79 Å². The molecule has 3 rings (SSSR count). The number of nitrogens with one attached hydrogen (secondary N) is 1. The fraction of sp³-hybridized carbons (Fsp3) is 0.190. The second kappa shape index (κ2) is 8.85. The van der Waals surface area contributed by atoms with Crippen LogP contribution in [0.3, 0.4) is 0 Å². The molecular weight excluding hydrogens is 356 g/mol. The number of benzene rings is 2. The molecule has 0 aliphatic rings. The van der Waals surface area contributed by atoms with Crippen molar-refractivity contribution in [2.24, 2.45) is 0 Å². The van der Waals surface area contributed by atoms with E-state index in [1.165, 1.54) is 11.1 Å². The summed E-state index contributed by atoms with van der Waals surface area (Å²) < 4.78 is 6.78. The van der Waals surface area contributed by atoms with Gasteiger partial charge in [0, 0.05) is 24.5 Å². The molecule has 0 aliphatic carbocycles. The first-order valence-corrected chi connectivity index (χ1v) is 8.94. The van der Waals surface area contributed by atoms with Crippen LogP contribution in [-0.4, -0.2) is 46.7 Å². The van der Waals surface area contributed by atoms with Gasteiger partial charge in [0.1, 0.15) is 12.3 Å². The summed E-state index contributed by atoms with van der Waals surface area (Å²) in [4.78, 5) is 26.6. The third-order valence-corrected chi connectivity index (χ3v) is 4.21. The fourth-order valence-corrected chi connectivity index (χ4v) is 2.74. The molecule has 1 aromatic heterocycles. The molecule has 0 unspecified atom stereocenters. The molecule has 0 radical (unpaired) electrons. The second-order valence-electron chi connectivity index (χ2n) is 6.11. The van der Waals surface area contributed by atoms with Crippen molar-refractivity contribution in [3.63, 3.8) is 0 Å². The Morgan fingerprint density at radius 3 is 2.64 bits per heavy atom.